The van der Waals surface area contributed by atoms with Crippen molar-refractivity contribution in [3.8, 4) is 0 Å². The van der Waals surface area contributed by atoms with E-state index < -0.39 is 0 Å². The minimum Gasteiger partial charge on any atom is -0.467 e. The maximum Gasteiger partial charge on any atom is 0.129 e. The number of rotatable bonds is 8. The van der Waals surface area contributed by atoms with E-state index in [1.807, 2.05) is 6.26 Å². The number of piperidine rings is 1. The summed E-state index contributed by atoms with van der Waals surface area (Å²) in [5, 5.41) is 3.28. The second-order valence-electron chi connectivity index (χ2n) is 5.16. The van der Waals surface area contributed by atoms with Gasteiger partial charge in [-0.1, -0.05) is 13.3 Å². The number of hydrogen-bond acceptors (Lipinski definition) is 4. The van der Waals surface area contributed by atoms with Crippen molar-refractivity contribution in [2.45, 2.75) is 39.3 Å². The first-order valence-corrected chi connectivity index (χ1v) is 7.45. The Balaban J connectivity index is 1.58. The van der Waals surface area contributed by atoms with Crippen LogP contribution in [0.3, 0.4) is 0 Å². The average Bonchev–Trinajstić information content (AvgIpc) is 2.90. The van der Waals surface area contributed by atoms with Crippen LogP contribution in [0.25, 0.3) is 0 Å². The van der Waals surface area contributed by atoms with E-state index in [-0.39, 0.29) is 0 Å². The smallest absolute Gasteiger partial charge is 0.129 e. The second-order valence-corrected chi connectivity index (χ2v) is 5.16. The third-order valence-corrected chi connectivity index (χ3v) is 3.53. The number of nitrogens with one attached hydrogen (secondary N) is 1. The molecule has 108 valence electrons. The standard InChI is InChI=1S/C15H26N2O2/c1-2-16-11-14-10-15(19-12-14)13-18-9-8-17-6-4-3-5-7-17/h10,12,16H,2-9,11,13H2,1H3. The van der Waals surface area contributed by atoms with Crippen molar-refractivity contribution >= 4 is 0 Å². The Kier molecular flexibility index (Phi) is 6.41. The largest absolute Gasteiger partial charge is 0.467 e. The fourth-order valence-corrected chi connectivity index (χ4v) is 2.41. The van der Waals surface area contributed by atoms with Crippen molar-refractivity contribution in [1.82, 2.24) is 10.2 Å². The molecule has 0 amide bonds. The lowest BCUT2D eigenvalue weighted by Gasteiger charge is -2.25. The minimum absolute atomic E-state index is 0.583. The zero-order valence-electron chi connectivity index (χ0n) is 12.0. The van der Waals surface area contributed by atoms with E-state index in [1.54, 1.807) is 0 Å². The van der Waals surface area contributed by atoms with Crippen molar-refractivity contribution in [1.29, 1.82) is 0 Å². The molecule has 0 saturated carbocycles. The van der Waals surface area contributed by atoms with Gasteiger partial charge in [-0.15, -0.1) is 0 Å². The van der Waals surface area contributed by atoms with Gasteiger partial charge in [0, 0.05) is 18.7 Å². The molecule has 0 bridgehead atoms. The lowest BCUT2D eigenvalue weighted by molar-refractivity contribution is 0.0765. The summed E-state index contributed by atoms with van der Waals surface area (Å²) in [6, 6.07) is 2.07. The van der Waals surface area contributed by atoms with Crippen LogP contribution < -0.4 is 5.32 Å². The Morgan fingerprint density at radius 3 is 2.95 bits per heavy atom. The first-order chi connectivity index (χ1) is 9.38. The molecule has 4 nitrogen and oxygen atoms in total. The summed E-state index contributed by atoms with van der Waals surface area (Å²) >= 11 is 0. The van der Waals surface area contributed by atoms with Gasteiger partial charge < -0.3 is 19.4 Å². The zero-order chi connectivity index (χ0) is 13.3. The molecule has 0 aliphatic carbocycles. The predicted molar refractivity (Wildman–Crippen MR) is 76.0 cm³/mol. The highest BCUT2D eigenvalue weighted by Gasteiger charge is 2.09. The fraction of sp³-hybridized carbons (Fsp3) is 0.733. The van der Waals surface area contributed by atoms with E-state index >= 15 is 0 Å². The molecular formula is C15H26N2O2. The summed E-state index contributed by atoms with van der Waals surface area (Å²) in [6.45, 7) is 8.84. The van der Waals surface area contributed by atoms with E-state index in [0.717, 1.165) is 32.0 Å². The topological polar surface area (TPSA) is 37.6 Å². The number of likely N-dealkylation sites (tertiary alicyclic amines) is 1. The Labute approximate surface area is 116 Å². The summed E-state index contributed by atoms with van der Waals surface area (Å²) in [5.41, 5.74) is 1.19. The van der Waals surface area contributed by atoms with Crippen molar-refractivity contribution in [2.24, 2.45) is 0 Å². The molecule has 1 fully saturated rings. The molecule has 19 heavy (non-hydrogen) atoms. The van der Waals surface area contributed by atoms with Crippen molar-refractivity contribution < 1.29 is 9.15 Å². The molecule has 1 N–H and O–H groups in total. The van der Waals surface area contributed by atoms with Crippen LogP contribution in [0.4, 0.5) is 0 Å². The normalized spacial score (nSPS) is 16.9. The first kappa shape index (κ1) is 14.6. The molecule has 1 aromatic heterocycles. The van der Waals surface area contributed by atoms with Gasteiger partial charge >= 0.3 is 0 Å². The molecule has 1 aliphatic rings. The Morgan fingerprint density at radius 2 is 2.16 bits per heavy atom. The average molecular weight is 266 g/mol. The lowest BCUT2D eigenvalue weighted by Crippen LogP contribution is -2.32. The van der Waals surface area contributed by atoms with Gasteiger partial charge in [0.25, 0.3) is 0 Å². The second kappa shape index (κ2) is 8.35. The third-order valence-electron chi connectivity index (χ3n) is 3.53. The first-order valence-electron chi connectivity index (χ1n) is 7.45. The SMILES string of the molecule is CCNCc1coc(COCCN2CCCCC2)c1. The van der Waals surface area contributed by atoms with E-state index in [2.05, 4.69) is 23.2 Å². The van der Waals surface area contributed by atoms with Gasteiger partial charge in [-0.2, -0.15) is 0 Å². The molecule has 4 heteroatoms. The van der Waals surface area contributed by atoms with Crippen LogP contribution in [0.2, 0.25) is 0 Å². The van der Waals surface area contributed by atoms with Crippen molar-refractivity contribution in [2.75, 3.05) is 32.8 Å². The maximum absolute atomic E-state index is 5.68. The minimum atomic E-state index is 0.583. The van der Waals surface area contributed by atoms with E-state index in [1.165, 1.54) is 37.9 Å². The summed E-state index contributed by atoms with van der Waals surface area (Å²) in [7, 11) is 0. The summed E-state index contributed by atoms with van der Waals surface area (Å²) < 4.78 is 11.2. The van der Waals surface area contributed by atoms with Gasteiger partial charge in [-0.25, -0.2) is 0 Å². The van der Waals surface area contributed by atoms with Gasteiger partial charge in [0.15, 0.2) is 0 Å². The van der Waals surface area contributed by atoms with Crippen LogP contribution in [0.5, 0.6) is 0 Å². The van der Waals surface area contributed by atoms with Crippen LogP contribution in [0.15, 0.2) is 16.7 Å². The number of nitrogens with zero attached hydrogens (tertiary/aromatic N) is 1. The third kappa shape index (κ3) is 5.35. The molecule has 2 heterocycles. The molecule has 0 unspecified atom stereocenters. The van der Waals surface area contributed by atoms with E-state index in [0.29, 0.717) is 6.61 Å². The summed E-state index contributed by atoms with van der Waals surface area (Å²) in [4.78, 5) is 2.49. The molecule has 1 saturated heterocycles. The number of ether oxygens (including phenoxy) is 1. The molecule has 2 rings (SSSR count). The van der Waals surface area contributed by atoms with Gasteiger partial charge in [-0.05, 0) is 38.5 Å². The molecule has 1 aliphatic heterocycles. The molecule has 0 spiro atoms. The molecule has 1 aromatic rings. The van der Waals surface area contributed by atoms with Crippen LogP contribution in [-0.4, -0.2) is 37.7 Å². The summed E-state index contributed by atoms with van der Waals surface area (Å²) in [6.07, 6.45) is 5.88. The lowest BCUT2D eigenvalue weighted by atomic mass is 10.1. The molecule has 0 atom stereocenters. The highest BCUT2D eigenvalue weighted by molar-refractivity contribution is 5.11. The predicted octanol–water partition coefficient (Wildman–Crippen LogP) is 2.39. The highest BCUT2D eigenvalue weighted by Crippen LogP contribution is 2.10. The Hall–Kier alpha value is -0.840. The Morgan fingerprint density at radius 1 is 1.32 bits per heavy atom. The van der Waals surface area contributed by atoms with Crippen LogP contribution in [0.1, 0.15) is 37.5 Å². The summed E-state index contributed by atoms with van der Waals surface area (Å²) in [5.74, 6) is 0.923. The van der Waals surface area contributed by atoms with Gasteiger partial charge in [0.05, 0.1) is 12.9 Å². The van der Waals surface area contributed by atoms with Crippen LogP contribution >= 0.6 is 0 Å². The zero-order valence-corrected chi connectivity index (χ0v) is 12.0. The molecule has 0 radical (unpaired) electrons. The molecular weight excluding hydrogens is 240 g/mol. The van der Waals surface area contributed by atoms with Crippen LogP contribution in [0, 0.1) is 0 Å². The molecule has 0 aromatic carbocycles. The van der Waals surface area contributed by atoms with Gasteiger partial charge in [0.1, 0.15) is 12.4 Å². The van der Waals surface area contributed by atoms with Gasteiger partial charge in [0.2, 0.25) is 0 Å². The number of hydrogen-bond donors (Lipinski definition) is 1. The van der Waals surface area contributed by atoms with Gasteiger partial charge in [-0.3, -0.25) is 0 Å². The van der Waals surface area contributed by atoms with Crippen molar-refractivity contribution in [3.63, 3.8) is 0 Å². The highest BCUT2D eigenvalue weighted by atomic mass is 16.5. The monoisotopic (exact) mass is 266 g/mol. The van der Waals surface area contributed by atoms with Crippen molar-refractivity contribution in [3.05, 3.63) is 23.7 Å². The van der Waals surface area contributed by atoms with Crippen LogP contribution in [-0.2, 0) is 17.9 Å². The van der Waals surface area contributed by atoms with E-state index in [9.17, 15) is 0 Å². The quantitative estimate of drug-likeness (QED) is 0.733. The fourth-order valence-electron chi connectivity index (χ4n) is 2.41. The van der Waals surface area contributed by atoms with E-state index in [4.69, 9.17) is 9.15 Å². The maximum atomic E-state index is 5.68. The Bertz CT molecular complexity index is 346. The number of furan rings is 1.